The summed E-state index contributed by atoms with van der Waals surface area (Å²) in [6.07, 6.45) is 2.46. The minimum Gasteiger partial charge on any atom is -0.481 e. The standard InChI is InChI=1S/C12H13NO2/c1-8(12(14)15)6-9-7-13-11-5-3-2-4-10(9)11/h2-5,7-8,13H,6H2,1H3,(H,14,15)/t8-/m1/s1. The first-order chi connectivity index (χ1) is 7.18. The van der Waals surface area contributed by atoms with E-state index in [-0.39, 0.29) is 5.92 Å². The predicted octanol–water partition coefficient (Wildman–Crippen LogP) is 2.43. The van der Waals surface area contributed by atoms with Crippen molar-refractivity contribution in [2.45, 2.75) is 13.3 Å². The topological polar surface area (TPSA) is 53.1 Å². The van der Waals surface area contributed by atoms with Crippen molar-refractivity contribution in [2.24, 2.45) is 5.92 Å². The van der Waals surface area contributed by atoms with E-state index in [1.165, 1.54) is 0 Å². The monoisotopic (exact) mass is 203 g/mol. The largest absolute Gasteiger partial charge is 0.481 e. The normalized spacial score (nSPS) is 12.9. The summed E-state index contributed by atoms with van der Waals surface area (Å²) in [6.45, 7) is 1.73. The number of hydrogen-bond acceptors (Lipinski definition) is 1. The molecule has 0 aliphatic carbocycles. The predicted molar refractivity (Wildman–Crippen MR) is 58.8 cm³/mol. The van der Waals surface area contributed by atoms with Crippen LogP contribution in [-0.4, -0.2) is 16.1 Å². The number of aliphatic carboxylic acids is 1. The van der Waals surface area contributed by atoms with E-state index in [0.29, 0.717) is 6.42 Å². The van der Waals surface area contributed by atoms with E-state index in [1.807, 2.05) is 30.5 Å². The lowest BCUT2D eigenvalue weighted by molar-refractivity contribution is -0.141. The first-order valence-electron chi connectivity index (χ1n) is 4.96. The molecule has 3 nitrogen and oxygen atoms in total. The highest BCUT2D eigenvalue weighted by molar-refractivity contribution is 5.83. The van der Waals surface area contributed by atoms with Crippen LogP contribution in [0.25, 0.3) is 10.9 Å². The summed E-state index contributed by atoms with van der Waals surface area (Å²) in [6, 6.07) is 7.92. The van der Waals surface area contributed by atoms with E-state index in [2.05, 4.69) is 4.98 Å². The third kappa shape index (κ3) is 1.86. The number of para-hydroxylation sites is 1. The van der Waals surface area contributed by atoms with Crippen LogP contribution in [-0.2, 0) is 11.2 Å². The lowest BCUT2D eigenvalue weighted by Gasteiger charge is -2.04. The minimum atomic E-state index is -0.750. The Morgan fingerprint density at radius 3 is 2.93 bits per heavy atom. The van der Waals surface area contributed by atoms with Crippen LogP contribution in [0.2, 0.25) is 0 Å². The molecule has 0 spiro atoms. The van der Waals surface area contributed by atoms with E-state index in [0.717, 1.165) is 16.5 Å². The van der Waals surface area contributed by atoms with Crippen LogP contribution in [0.5, 0.6) is 0 Å². The fourth-order valence-electron chi connectivity index (χ4n) is 1.72. The van der Waals surface area contributed by atoms with Crippen LogP contribution >= 0.6 is 0 Å². The van der Waals surface area contributed by atoms with Gasteiger partial charge < -0.3 is 10.1 Å². The molecular formula is C12H13NO2. The van der Waals surface area contributed by atoms with Crippen LogP contribution in [0.4, 0.5) is 0 Å². The van der Waals surface area contributed by atoms with E-state index in [4.69, 9.17) is 5.11 Å². The zero-order valence-electron chi connectivity index (χ0n) is 8.53. The van der Waals surface area contributed by atoms with Gasteiger partial charge in [-0.05, 0) is 18.1 Å². The van der Waals surface area contributed by atoms with Crippen molar-refractivity contribution in [3.05, 3.63) is 36.0 Å². The van der Waals surface area contributed by atoms with Gasteiger partial charge in [-0.3, -0.25) is 4.79 Å². The van der Waals surface area contributed by atoms with Crippen LogP contribution in [0.3, 0.4) is 0 Å². The number of hydrogen-bond donors (Lipinski definition) is 2. The van der Waals surface area contributed by atoms with Gasteiger partial charge in [0.15, 0.2) is 0 Å². The average Bonchev–Trinajstić information content (AvgIpc) is 2.62. The SMILES string of the molecule is C[C@H](Cc1c[nH]c2ccccc12)C(=O)O. The van der Waals surface area contributed by atoms with Gasteiger partial charge in [0.25, 0.3) is 0 Å². The molecule has 78 valence electrons. The summed E-state index contributed by atoms with van der Waals surface area (Å²) in [4.78, 5) is 13.9. The zero-order chi connectivity index (χ0) is 10.8. The van der Waals surface area contributed by atoms with E-state index < -0.39 is 5.97 Å². The lowest BCUT2D eigenvalue weighted by Crippen LogP contribution is -2.11. The molecule has 0 aliphatic rings. The van der Waals surface area contributed by atoms with E-state index in [9.17, 15) is 4.79 Å². The molecule has 0 saturated carbocycles. The van der Waals surface area contributed by atoms with Crippen molar-refractivity contribution < 1.29 is 9.90 Å². The van der Waals surface area contributed by atoms with Crippen LogP contribution < -0.4 is 0 Å². The molecule has 2 N–H and O–H groups in total. The number of rotatable bonds is 3. The summed E-state index contributed by atoms with van der Waals surface area (Å²) >= 11 is 0. The number of benzene rings is 1. The van der Waals surface area contributed by atoms with Crippen LogP contribution in [0.15, 0.2) is 30.5 Å². The van der Waals surface area contributed by atoms with Gasteiger partial charge in [0.1, 0.15) is 0 Å². The summed E-state index contributed by atoms with van der Waals surface area (Å²) in [7, 11) is 0. The first-order valence-corrected chi connectivity index (χ1v) is 4.96. The number of carboxylic acid groups (broad SMARTS) is 1. The summed E-state index contributed by atoms with van der Waals surface area (Å²) in [5.74, 6) is -1.09. The number of carbonyl (C=O) groups is 1. The van der Waals surface area contributed by atoms with Gasteiger partial charge >= 0.3 is 5.97 Å². The molecule has 0 unspecified atom stereocenters. The highest BCUT2D eigenvalue weighted by Crippen LogP contribution is 2.20. The number of nitrogens with one attached hydrogen (secondary N) is 1. The second kappa shape index (κ2) is 3.77. The lowest BCUT2D eigenvalue weighted by atomic mass is 10.0. The van der Waals surface area contributed by atoms with Crippen molar-refractivity contribution >= 4 is 16.9 Å². The van der Waals surface area contributed by atoms with Gasteiger partial charge in [0.05, 0.1) is 5.92 Å². The van der Waals surface area contributed by atoms with E-state index in [1.54, 1.807) is 6.92 Å². The Bertz CT molecular complexity index is 487. The smallest absolute Gasteiger partial charge is 0.306 e. The average molecular weight is 203 g/mol. The van der Waals surface area contributed by atoms with Gasteiger partial charge in [0, 0.05) is 17.1 Å². The Hall–Kier alpha value is -1.77. The number of aromatic amines is 1. The fraction of sp³-hybridized carbons (Fsp3) is 0.250. The van der Waals surface area contributed by atoms with Gasteiger partial charge in [-0.2, -0.15) is 0 Å². The molecule has 15 heavy (non-hydrogen) atoms. The van der Waals surface area contributed by atoms with Crippen LogP contribution in [0, 0.1) is 5.92 Å². The molecule has 0 fully saturated rings. The van der Waals surface area contributed by atoms with Crippen molar-refractivity contribution in [3.63, 3.8) is 0 Å². The first kappa shape index (κ1) is 9.77. The maximum Gasteiger partial charge on any atom is 0.306 e. The third-order valence-corrected chi connectivity index (χ3v) is 2.62. The Morgan fingerprint density at radius 1 is 1.47 bits per heavy atom. The van der Waals surface area contributed by atoms with E-state index >= 15 is 0 Å². The number of aromatic nitrogens is 1. The Morgan fingerprint density at radius 2 is 2.20 bits per heavy atom. The van der Waals surface area contributed by atoms with Crippen LogP contribution in [0.1, 0.15) is 12.5 Å². The fourth-order valence-corrected chi connectivity index (χ4v) is 1.72. The molecule has 0 aliphatic heterocycles. The number of H-pyrrole nitrogens is 1. The summed E-state index contributed by atoms with van der Waals surface area (Å²) in [5.41, 5.74) is 2.13. The van der Waals surface area contributed by atoms with Gasteiger partial charge in [-0.25, -0.2) is 0 Å². The zero-order valence-corrected chi connectivity index (χ0v) is 8.53. The molecule has 2 rings (SSSR count). The molecule has 2 aromatic rings. The second-order valence-electron chi connectivity index (χ2n) is 3.80. The molecule has 1 atom stereocenters. The Kier molecular flexibility index (Phi) is 2.46. The second-order valence-corrected chi connectivity index (χ2v) is 3.80. The number of fused-ring (bicyclic) bond motifs is 1. The molecule has 1 aromatic heterocycles. The van der Waals surface area contributed by atoms with Crippen molar-refractivity contribution in [1.82, 2.24) is 4.98 Å². The molecule has 0 bridgehead atoms. The molecule has 1 heterocycles. The summed E-state index contributed by atoms with van der Waals surface area (Å²) < 4.78 is 0. The minimum absolute atomic E-state index is 0.343. The highest BCUT2D eigenvalue weighted by Gasteiger charge is 2.13. The molecular weight excluding hydrogens is 190 g/mol. The van der Waals surface area contributed by atoms with Gasteiger partial charge in [-0.15, -0.1) is 0 Å². The Labute approximate surface area is 87.7 Å². The molecule has 0 amide bonds. The maximum absolute atomic E-state index is 10.8. The third-order valence-electron chi connectivity index (χ3n) is 2.62. The van der Waals surface area contributed by atoms with Crippen molar-refractivity contribution in [2.75, 3.05) is 0 Å². The quantitative estimate of drug-likeness (QED) is 0.804. The number of carboxylic acids is 1. The molecule has 0 radical (unpaired) electrons. The molecule has 0 saturated heterocycles. The van der Waals surface area contributed by atoms with Gasteiger partial charge in [-0.1, -0.05) is 25.1 Å². The summed E-state index contributed by atoms with van der Waals surface area (Å²) in [5, 5.41) is 9.96. The molecule has 3 heteroatoms. The Balaban J connectivity index is 2.32. The maximum atomic E-state index is 10.8. The van der Waals surface area contributed by atoms with Crippen molar-refractivity contribution in [1.29, 1.82) is 0 Å². The highest BCUT2D eigenvalue weighted by atomic mass is 16.4. The van der Waals surface area contributed by atoms with Gasteiger partial charge in [0.2, 0.25) is 0 Å². The van der Waals surface area contributed by atoms with Crippen molar-refractivity contribution in [3.8, 4) is 0 Å². The molecule has 1 aromatic carbocycles.